The van der Waals surface area contributed by atoms with Gasteiger partial charge in [-0.05, 0) is 37.0 Å². The maximum atomic E-state index is 6.71. The first-order chi connectivity index (χ1) is 10.6. The van der Waals surface area contributed by atoms with Crippen LogP contribution in [-0.2, 0) is 0 Å². The summed E-state index contributed by atoms with van der Waals surface area (Å²) in [5.74, 6) is 1.67. The molecule has 0 spiro atoms. The van der Waals surface area contributed by atoms with Crippen LogP contribution in [0, 0.1) is 24.7 Å². The third-order valence-corrected chi connectivity index (χ3v) is 5.52. The summed E-state index contributed by atoms with van der Waals surface area (Å²) in [6.07, 6.45) is 11.9. The Balaban J connectivity index is 4.89. The van der Waals surface area contributed by atoms with Crippen LogP contribution in [0.1, 0.15) is 91.9 Å². The van der Waals surface area contributed by atoms with Gasteiger partial charge in [0, 0.05) is 12.1 Å². The molecule has 0 saturated heterocycles. The third-order valence-electron chi connectivity index (χ3n) is 5.52. The summed E-state index contributed by atoms with van der Waals surface area (Å²) in [5.41, 5.74) is 13.4. The fraction of sp³-hybridized carbons (Fsp3) is 0.950. The van der Waals surface area contributed by atoms with Gasteiger partial charge in [0.2, 0.25) is 0 Å². The smallest absolute Gasteiger partial charge is 0.0110 e. The predicted molar refractivity (Wildman–Crippen MR) is 101 cm³/mol. The van der Waals surface area contributed by atoms with Gasteiger partial charge in [0.25, 0.3) is 0 Å². The molecule has 22 heavy (non-hydrogen) atoms. The molecule has 4 N–H and O–H groups in total. The monoisotopic (exact) mass is 311 g/mol. The van der Waals surface area contributed by atoms with E-state index in [-0.39, 0.29) is 12.1 Å². The van der Waals surface area contributed by atoms with Gasteiger partial charge < -0.3 is 11.5 Å². The van der Waals surface area contributed by atoms with Gasteiger partial charge in [-0.15, -0.1) is 0 Å². The van der Waals surface area contributed by atoms with Crippen LogP contribution in [-0.4, -0.2) is 12.1 Å². The Bertz CT molecular complexity index is 220. The van der Waals surface area contributed by atoms with Crippen LogP contribution in [0.15, 0.2) is 0 Å². The van der Waals surface area contributed by atoms with E-state index in [1.165, 1.54) is 51.4 Å². The van der Waals surface area contributed by atoms with Crippen LogP contribution in [0.2, 0.25) is 0 Å². The average Bonchev–Trinajstić information content (AvgIpc) is 2.53. The Morgan fingerprint density at radius 2 is 1.14 bits per heavy atom. The fourth-order valence-corrected chi connectivity index (χ4v) is 3.85. The van der Waals surface area contributed by atoms with Crippen LogP contribution >= 0.6 is 0 Å². The van der Waals surface area contributed by atoms with Gasteiger partial charge in [0.15, 0.2) is 0 Å². The van der Waals surface area contributed by atoms with E-state index in [2.05, 4.69) is 34.6 Å². The highest BCUT2D eigenvalue weighted by Crippen LogP contribution is 2.30. The van der Waals surface area contributed by atoms with E-state index in [1.807, 2.05) is 0 Å². The van der Waals surface area contributed by atoms with Crippen molar-refractivity contribution in [3.05, 3.63) is 6.92 Å². The van der Waals surface area contributed by atoms with E-state index in [0.29, 0.717) is 17.8 Å². The highest BCUT2D eigenvalue weighted by molar-refractivity contribution is 4.89. The highest BCUT2D eigenvalue weighted by atomic mass is 14.8. The number of hydrogen-bond donors (Lipinski definition) is 2. The van der Waals surface area contributed by atoms with E-state index >= 15 is 0 Å². The zero-order valence-electron chi connectivity index (χ0n) is 15.8. The van der Waals surface area contributed by atoms with Gasteiger partial charge in [-0.1, -0.05) is 79.6 Å². The van der Waals surface area contributed by atoms with Crippen LogP contribution in [0.4, 0.5) is 0 Å². The van der Waals surface area contributed by atoms with Crippen molar-refractivity contribution < 1.29 is 0 Å². The first kappa shape index (κ1) is 21.9. The van der Waals surface area contributed by atoms with Gasteiger partial charge in [0.05, 0.1) is 0 Å². The zero-order chi connectivity index (χ0) is 17.0. The van der Waals surface area contributed by atoms with E-state index < -0.39 is 0 Å². The fourth-order valence-electron chi connectivity index (χ4n) is 3.85. The van der Waals surface area contributed by atoms with Crippen molar-refractivity contribution in [2.45, 2.75) is 104 Å². The minimum absolute atomic E-state index is 0.240. The second-order valence-corrected chi connectivity index (χ2v) is 7.08. The van der Waals surface area contributed by atoms with Crippen LogP contribution < -0.4 is 11.5 Å². The van der Waals surface area contributed by atoms with E-state index in [4.69, 9.17) is 11.5 Å². The van der Waals surface area contributed by atoms with Gasteiger partial charge in [0.1, 0.15) is 0 Å². The Morgan fingerprint density at radius 1 is 0.727 bits per heavy atom. The quantitative estimate of drug-likeness (QED) is 0.457. The Hall–Kier alpha value is -0.0800. The van der Waals surface area contributed by atoms with Crippen LogP contribution in [0.5, 0.6) is 0 Å². The standard InChI is InChI=1S/C20H43N2/c1-6-11-14-16(9-4)19(21)18(13-8-3)20(22)17(10-5)15-12-7-2/h16-20H,3,6-15,21-22H2,1-2,4-5H3. The zero-order valence-corrected chi connectivity index (χ0v) is 15.8. The molecular formula is C20H43N2. The maximum absolute atomic E-state index is 6.71. The molecule has 2 heteroatoms. The summed E-state index contributed by atoms with van der Waals surface area (Å²) >= 11 is 0. The molecule has 0 heterocycles. The summed E-state index contributed by atoms with van der Waals surface area (Å²) in [4.78, 5) is 0. The molecule has 0 saturated carbocycles. The van der Waals surface area contributed by atoms with Crippen molar-refractivity contribution in [2.24, 2.45) is 29.2 Å². The molecule has 0 aliphatic heterocycles. The topological polar surface area (TPSA) is 52.0 Å². The summed E-state index contributed by atoms with van der Waals surface area (Å²) in [6.45, 7) is 13.2. The Kier molecular flexibility index (Phi) is 13.3. The first-order valence-electron chi connectivity index (χ1n) is 9.87. The number of unbranched alkanes of at least 4 members (excludes halogenated alkanes) is 2. The molecule has 0 aliphatic carbocycles. The maximum Gasteiger partial charge on any atom is 0.0110 e. The van der Waals surface area contributed by atoms with E-state index in [1.54, 1.807) is 0 Å². The van der Waals surface area contributed by atoms with Crippen molar-refractivity contribution in [3.8, 4) is 0 Å². The van der Waals surface area contributed by atoms with Crippen molar-refractivity contribution in [2.75, 3.05) is 0 Å². The largest absolute Gasteiger partial charge is 0.327 e. The number of hydrogen-bond acceptors (Lipinski definition) is 2. The lowest BCUT2D eigenvalue weighted by atomic mass is 9.73. The van der Waals surface area contributed by atoms with Crippen LogP contribution in [0.25, 0.3) is 0 Å². The summed E-state index contributed by atoms with van der Waals surface area (Å²) in [7, 11) is 0. The Labute approximate surface area is 140 Å². The molecule has 0 rings (SSSR count). The number of rotatable bonds is 14. The molecule has 4 atom stereocenters. The van der Waals surface area contributed by atoms with Gasteiger partial charge in [-0.2, -0.15) is 0 Å². The molecule has 2 nitrogen and oxygen atoms in total. The predicted octanol–water partition coefficient (Wildman–Crippen LogP) is 5.30. The molecule has 0 aromatic rings. The summed E-state index contributed by atoms with van der Waals surface area (Å²) in [6, 6.07) is 0.480. The number of nitrogens with two attached hydrogens (primary N) is 2. The minimum atomic E-state index is 0.240. The molecule has 1 radical (unpaired) electrons. The molecule has 0 aliphatic rings. The Morgan fingerprint density at radius 3 is 1.41 bits per heavy atom. The van der Waals surface area contributed by atoms with Gasteiger partial charge in [-0.25, -0.2) is 0 Å². The molecule has 0 amide bonds. The van der Waals surface area contributed by atoms with Crippen molar-refractivity contribution in [1.29, 1.82) is 0 Å². The van der Waals surface area contributed by atoms with E-state index in [9.17, 15) is 0 Å². The second-order valence-electron chi connectivity index (χ2n) is 7.08. The first-order valence-corrected chi connectivity index (χ1v) is 9.87. The summed E-state index contributed by atoms with van der Waals surface area (Å²) < 4.78 is 0. The van der Waals surface area contributed by atoms with Crippen molar-refractivity contribution in [1.82, 2.24) is 0 Å². The minimum Gasteiger partial charge on any atom is -0.327 e. The lowest BCUT2D eigenvalue weighted by Gasteiger charge is -2.38. The van der Waals surface area contributed by atoms with Gasteiger partial charge >= 0.3 is 0 Å². The lowest BCUT2D eigenvalue weighted by Crippen LogP contribution is -2.49. The van der Waals surface area contributed by atoms with E-state index in [0.717, 1.165) is 12.8 Å². The average molecular weight is 312 g/mol. The highest BCUT2D eigenvalue weighted by Gasteiger charge is 2.32. The molecule has 0 fully saturated rings. The molecule has 0 bridgehead atoms. The second kappa shape index (κ2) is 13.4. The van der Waals surface area contributed by atoms with Crippen LogP contribution in [0.3, 0.4) is 0 Å². The molecular weight excluding hydrogens is 268 g/mol. The molecule has 0 aromatic heterocycles. The normalized spacial score (nSPS) is 18.7. The van der Waals surface area contributed by atoms with Crippen molar-refractivity contribution >= 4 is 0 Å². The molecule has 4 unspecified atom stereocenters. The van der Waals surface area contributed by atoms with Gasteiger partial charge in [-0.3, -0.25) is 0 Å². The van der Waals surface area contributed by atoms with Crippen molar-refractivity contribution in [3.63, 3.8) is 0 Å². The molecule has 0 aromatic carbocycles. The lowest BCUT2D eigenvalue weighted by molar-refractivity contribution is 0.191. The molecule has 133 valence electrons. The third kappa shape index (κ3) is 7.46. The SMILES string of the molecule is [CH2]CCC(C(N)C(CC)CCCC)C(N)C(CC)CCCC. The summed E-state index contributed by atoms with van der Waals surface area (Å²) in [5, 5.41) is 0.